The van der Waals surface area contributed by atoms with Crippen LogP contribution in [0, 0.1) is 11.8 Å². The summed E-state index contributed by atoms with van der Waals surface area (Å²) in [5.74, 6) is 1.44. The van der Waals surface area contributed by atoms with Gasteiger partial charge < -0.3 is 10.4 Å². The van der Waals surface area contributed by atoms with Gasteiger partial charge in [-0.1, -0.05) is 0 Å². The molecule has 1 aliphatic heterocycles. The maximum Gasteiger partial charge on any atom is 0.0707 e. The van der Waals surface area contributed by atoms with E-state index >= 15 is 0 Å². The summed E-state index contributed by atoms with van der Waals surface area (Å²) in [6.07, 6.45) is 2.66. The van der Waals surface area contributed by atoms with E-state index in [2.05, 4.69) is 5.32 Å². The molecule has 1 saturated heterocycles. The van der Waals surface area contributed by atoms with Crippen LogP contribution in [0.25, 0.3) is 0 Å². The monoisotopic (exact) mass is 127 g/mol. The first kappa shape index (κ1) is 5.69. The van der Waals surface area contributed by atoms with E-state index in [1.54, 1.807) is 0 Å². The minimum absolute atomic E-state index is 0.0440. The predicted octanol–water partition coefficient (Wildman–Crippen LogP) is -0.0233. The van der Waals surface area contributed by atoms with Crippen molar-refractivity contribution in [1.29, 1.82) is 0 Å². The van der Waals surface area contributed by atoms with Crippen LogP contribution in [0.5, 0.6) is 0 Å². The Labute approximate surface area is 55.3 Å². The average molecular weight is 127 g/mol. The molecule has 2 rings (SSSR count). The molecule has 2 heteroatoms. The fourth-order valence-electron chi connectivity index (χ4n) is 1.69. The van der Waals surface area contributed by atoms with Crippen molar-refractivity contribution in [2.45, 2.75) is 18.9 Å². The molecule has 0 unspecified atom stereocenters. The van der Waals surface area contributed by atoms with Crippen LogP contribution in [-0.2, 0) is 0 Å². The summed E-state index contributed by atoms with van der Waals surface area (Å²) in [4.78, 5) is 0. The van der Waals surface area contributed by atoms with Crippen LogP contribution in [0.4, 0.5) is 0 Å². The van der Waals surface area contributed by atoms with Crippen LogP contribution >= 0.6 is 0 Å². The molecular weight excluding hydrogens is 114 g/mol. The first-order chi connectivity index (χ1) is 4.38. The Kier molecular flexibility index (Phi) is 1.24. The van der Waals surface area contributed by atoms with Gasteiger partial charge in [0.05, 0.1) is 6.10 Å². The van der Waals surface area contributed by atoms with Crippen molar-refractivity contribution in [3.63, 3.8) is 0 Å². The van der Waals surface area contributed by atoms with Gasteiger partial charge in [0, 0.05) is 19.0 Å². The summed E-state index contributed by atoms with van der Waals surface area (Å²) in [5, 5.41) is 12.5. The number of aliphatic hydroxyl groups is 1. The Morgan fingerprint density at radius 2 is 2.00 bits per heavy atom. The van der Waals surface area contributed by atoms with Gasteiger partial charge in [-0.05, 0) is 18.8 Å². The Hall–Kier alpha value is -0.0800. The molecule has 9 heavy (non-hydrogen) atoms. The second kappa shape index (κ2) is 1.96. The van der Waals surface area contributed by atoms with E-state index in [9.17, 15) is 5.11 Å². The molecule has 1 saturated carbocycles. The molecule has 2 nitrogen and oxygen atoms in total. The molecule has 0 spiro atoms. The molecule has 0 radical (unpaired) electrons. The van der Waals surface area contributed by atoms with Gasteiger partial charge in [-0.2, -0.15) is 0 Å². The van der Waals surface area contributed by atoms with Crippen molar-refractivity contribution in [1.82, 2.24) is 5.32 Å². The fraction of sp³-hybridized carbons (Fsp3) is 1.00. The van der Waals surface area contributed by atoms with Gasteiger partial charge in [-0.15, -0.1) is 0 Å². The lowest BCUT2D eigenvalue weighted by Crippen LogP contribution is -2.19. The molecule has 0 aromatic heterocycles. The molecule has 2 N–H and O–H groups in total. The number of hydrogen-bond donors (Lipinski definition) is 2. The molecule has 0 aromatic carbocycles. The van der Waals surface area contributed by atoms with Gasteiger partial charge in [0.2, 0.25) is 0 Å². The van der Waals surface area contributed by atoms with E-state index in [1.165, 1.54) is 12.8 Å². The number of hydrogen-bond acceptors (Lipinski definition) is 2. The van der Waals surface area contributed by atoms with Crippen molar-refractivity contribution < 1.29 is 5.11 Å². The quantitative estimate of drug-likeness (QED) is 0.518. The predicted molar refractivity (Wildman–Crippen MR) is 35.1 cm³/mol. The Balaban J connectivity index is 1.93. The van der Waals surface area contributed by atoms with Crippen molar-refractivity contribution in [3.05, 3.63) is 0 Å². The van der Waals surface area contributed by atoms with Crippen LogP contribution in [0.2, 0.25) is 0 Å². The number of aliphatic hydroxyl groups excluding tert-OH is 1. The molecule has 2 fully saturated rings. The summed E-state index contributed by atoms with van der Waals surface area (Å²) in [6, 6.07) is 0. The Morgan fingerprint density at radius 1 is 1.22 bits per heavy atom. The largest absolute Gasteiger partial charge is 0.391 e. The van der Waals surface area contributed by atoms with Crippen molar-refractivity contribution in [2.24, 2.45) is 11.8 Å². The Bertz CT molecular complexity index is 111. The third kappa shape index (κ3) is 0.970. The lowest BCUT2D eigenvalue weighted by Gasteiger charge is -2.09. The summed E-state index contributed by atoms with van der Waals surface area (Å²) in [5.41, 5.74) is 0. The highest BCUT2D eigenvalue weighted by Crippen LogP contribution is 2.39. The van der Waals surface area contributed by atoms with Crippen LogP contribution in [-0.4, -0.2) is 24.3 Å². The van der Waals surface area contributed by atoms with Crippen LogP contribution in [0.1, 0.15) is 12.8 Å². The third-order valence-corrected chi connectivity index (χ3v) is 2.46. The molecule has 2 aliphatic rings. The maximum absolute atomic E-state index is 9.34. The average Bonchev–Trinajstić information content (AvgIpc) is 2.58. The third-order valence-electron chi connectivity index (χ3n) is 2.46. The van der Waals surface area contributed by atoms with Crippen LogP contribution in [0.15, 0.2) is 0 Å². The minimum Gasteiger partial charge on any atom is -0.391 e. The lowest BCUT2D eigenvalue weighted by atomic mass is 10.0. The van der Waals surface area contributed by atoms with E-state index in [0.717, 1.165) is 19.0 Å². The second-order valence-electron chi connectivity index (χ2n) is 3.23. The van der Waals surface area contributed by atoms with E-state index in [4.69, 9.17) is 0 Å². The van der Waals surface area contributed by atoms with E-state index in [1.807, 2.05) is 0 Å². The standard InChI is InChI=1S/C7H13NO/c9-7-4-8-3-6(7)5-1-2-5/h5-9H,1-4H2/t6-,7+/m0/s1. The van der Waals surface area contributed by atoms with Crippen molar-refractivity contribution in [3.8, 4) is 0 Å². The first-order valence-electron chi connectivity index (χ1n) is 3.76. The van der Waals surface area contributed by atoms with Gasteiger partial charge in [0.1, 0.15) is 0 Å². The zero-order valence-electron chi connectivity index (χ0n) is 5.51. The zero-order valence-corrected chi connectivity index (χ0v) is 5.51. The normalized spacial score (nSPS) is 43.7. The SMILES string of the molecule is O[C@@H]1CNC[C@H]1C1CC1. The van der Waals surface area contributed by atoms with Gasteiger partial charge in [0.25, 0.3) is 0 Å². The smallest absolute Gasteiger partial charge is 0.0707 e. The fourth-order valence-corrected chi connectivity index (χ4v) is 1.69. The van der Waals surface area contributed by atoms with E-state index in [-0.39, 0.29) is 6.10 Å². The number of β-amino-alcohol motifs (C(OH)–C–C–N with tert-alkyl or cyclic N) is 1. The van der Waals surface area contributed by atoms with Gasteiger partial charge in [-0.3, -0.25) is 0 Å². The molecule has 0 amide bonds. The zero-order chi connectivity index (χ0) is 6.27. The Morgan fingerprint density at radius 3 is 2.44 bits per heavy atom. The summed E-state index contributed by atoms with van der Waals surface area (Å²) in [6.45, 7) is 1.87. The molecule has 52 valence electrons. The van der Waals surface area contributed by atoms with Crippen LogP contribution < -0.4 is 5.32 Å². The first-order valence-corrected chi connectivity index (χ1v) is 3.76. The second-order valence-corrected chi connectivity index (χ2v) is 3.23. The number of nitrogens with one attached hydrogen (secondary N) is 1. The highest BCUT2D eigenvalue weighted by atomic mass is 16.3. The topological polar surface area (TPSA) is 32.3 Å². The van der Waals surface area contributed by atoms with Crippen molar-refractivity contribution >= 4 is 0 Å². The van der Waals surface area contributed by atoms with Gasteiger partial charge in [0.15, 0.2) is 0 Å². The molecule has 1 aliphatic carbocycles. The van der Waals surface area contributed by atoms with Gasteiger partial charge in [-0.25, -0.2) is 0 Å². The molecule has 2 atom stereocenters. The van der Waals surface area contributed by atoms with Crippen molar-refractivity contribution in [2.75, 3.05) is 13.1 Å². The maximum atomic E-state index is 9.34. The lowest BCUT2D eigenvalue weighted by molar-refractivity contribution is 0.136. The highest BCUT2D eigenvalue weighted by molar-refractivity contribution is 4.91. The summed E-state index contributed by atoms with van der Waals surface area (Å²) in [7, 11) is 0. The molecule has 1 heterocycles. The van der Waals surface area contributed by atoms with Gasteiger partial charge >= 0.3 is 0 Å². The van der Waals surface area contributed by atoms with Crippen LogP contribution in [0.3, 0.4) is 0 Å². The minimum atomic E-state index is -0.0440. The summed E-state index contributed by atoms with van der Waals surface area (Å²) < 4.78 is 0. The van der Waals surface area contributed by atoms with E-state index < -0.39 is 0 Å². The molecule has 0 bridgehead atoms. The number of rotatable bonds is 1. The molecule has 0 aromatic rings. The van der Waals surface area contributed by atoms with E-state index in [0.29, 0.717) is 5.92 Å². The summed E-state index contributed by atoms with van der Waals surface area (Å²) >= 11 is 0. The molecular formula is C7H13NO. The highest BCUT2D eigenvalue weighted by Gasteiger charge is 2.38.